The van der Waals surface area contributed by atoms with Crippen molar-refractivity contribution in [3.05, 3.63) is 64.3 Å². The highest BCUT2D eigenvalue weighted by atomic mass is 19.1. The third-order valence-electron chi connectivity index (χ3n) is 5.31. The number of nitrogens with two attached hydrogens (primary N) is 1. The van der Waals surface area contributed by atoms with Crippen molar-refractivity contribution in [2.75, 3.05) is 36.5 Å². The predicted molar refractivity (Wildman–Crippen MR) is 121 cm³/mol. The summed E-state index contributed by atoms with van der Waals surface area (Å²) < 4.78 is 21.5. The Labute approximate surface area is 178 Å². The third-order valence-corrected chi connectivity index (χ3v) is 5.31. The number of anilines is 3. The Morgan fingerprint density at radius 1 is 1.26 bits per heavy atom. The lowest BCUT2D eigenvalue weighted by molar-refractivity contribution is 0.122. The molecule has 3 aromatic rings. The van der Waals surface area contributed by atoms with E-state index in [2.05, 4.69) is 10.3 Å². The van der Waals surface area contributed by atoms with Crippen LogP contribution >= 0.6 is 0 Å². The van der Waals surface area contributed by atoms with Crippen molar-refractivity contribution in [3.8, 4) is 0 Å². The number of ether oxygens (including phenoxy) is 1. The van der Waals surface area contributed by atoms with E-state index < -0.39 is 0 Å². The summed E-state index contributed by atoms with van der Waals surface area (Å²) >= 11 is 0. The number of nitrogens with one attached hydrogen (secondary N) is 2. The number of nitrogens with zero attached hydrogens (tertiary/aromatic N) is 3. The van der Waals surface area contributed by atoms with Crippen LogP contribution in [0.5, 0.6) is 0 Å². The zero-order chi connectivity index (χ0) is 22.0. The molecule has 0 bridgehead atoms. The minimum atomic E-state index is -0.373. The van der Waals surface area contributed by atoms with E-state index in [4.69, 9.17) is 15.9 Å². The van der Waals surface area contributed by atoms with Crippen molar-refractivity contribution in [3.63, 3.8) is 0 Å². The molecule has 0 amide bonds. The first-order chi connectivity index (χ1) is 15.0. The largest absolute Gasteiger partial charge is 0.404 e. The van der Waals surface area contributed by atoms with Crippen LogP contribution in [0.15, 0.2) is 47.4 Å². The van der Waals surface area contributed by atoms with Crippen molar-refractivity contribution in [2.45, 2.75) is 0 Å². The maximum Gasteiger partial charge on any atom is 0.293 e. The van der Waals surface area contributed by atoms with Crippen molar-refractivity contribution < 1.29 is 9.13 Å². The summed E-state index contributed by atoms with van der Waals surface area (Å²) in [6, 6.07) is 10.1. The summed E-state index contributed by atoms with van der Waals surface area (Å²) in [6.07, 6.45) is 2.49. The molecule has 1 fully saturated rings. The Balaban J connectivity index is 1.66. The van der Waals surface area contributed by atoms with Crippen LogP contribution in [0.1, 0.15) is 5.56 Å². The monoisotopic (exact) mass is 422 g/mol. The van der Waals surface area contributed by atoms with Gasteiger partial charge in [0.05, 0.1) is 29.9 Å². The normalized spacial score (nSPS) is 14.6. The fraction of sp³-hybridized carbons (Fsp3) is 0.227. The number of hydrogen-bond acceptors (Lipinski definition) is 7. The Morgan fingerprint density at radius 2 is 2.03 bits per heavy atom. The van der Waals surface area contributed by atoms with Gasteiger partial charge < -0.3 is 30.7 Å². The van der Waals surface area contributed by atoms with Gasteiger partial charge in [0.25, 0.3) is 5.56 Å². The lowest BCUT2D eigenvalue weighted by atomic mass is 10.1. The Kier molecular flexibility index (Phi) is 5.68. The number of morpholine rings is 1. The van der Waals surface area contributed by atoms with Crippen LogP contribution in [0.3, 0.4) is 0 Å². The molecule has 0 radical (unpaired) electrons. The highest BCUT2D eigenvalue weighted by Gasteiger charge is 2.16. The Hall–Kier alpha value is -3.72. The van der Waals surface area contributed by atoms with Crippen LogP contribution in [0, 0.1) is 11.2 Å². The van der Waals surface area contributed by atoms with Gasteiger partial charge >= 0.3 is 0 Å². The molecular formula is C22H23FN6O2. The van der Waals surface area contributed by atoms with E-state index in [-0.39, 0.29) is 17.2 Å². The van der Waals surface area contributed by atoms with Gasteiger partial charge in [0.1, 0.15) is 5.82 Å². The number of fused-ring (bicyclic) bond motifs is 1. The maximum atomic E-state index is 14.7. The Bertz CT molecular complexity index is 1230. The summed E-state index contributed by atoms with van der Waals surface area (Å²) in [7, 11) is 1.64. The molecule has 1 saturated heterocycles. The average Bonchev–Trinajstić information content (AvgIpc) is 2.79. The molecule has 8 nitrogen and oxygen atoms in total. The summed E-state index contributed by atoms with van der Waals surface area (Å²) in [6.45, 7) is 2.41. The zero-order valence-electron chi connectivity index (χ0n) is 17.1. The minimum Gasteiger partial charge on any atom is -0.404 e. The first kappa shape index (κ1) is 20.5. The molecule has 0 saturated carbocycles. The standard InChI is InChI=1S/C22H23FN6O2/c1-28-20-10-14(15(12-24)13-25)2-4-18(20)27-21(22(28)30)26-16-3-5-19(17(23)11-16)29-6-8-31-9-7-29/h2-5,10-13,24H,6-9,25H2,1H3,(H,26,27)/b15-13+,24-12?. The zero-order valence-corrected chi connectivity index (χ0v) is 17.1. The first-order valence-electron chi connectivity index (χ1n) is 9.84. The quantitative estimate of drug-likeness (QED) is 0.546. The molecule has 0 aliphatic carbocycles. The summed E-state index contributed by atoms with van der Waals surface area (Å²) in [5.41, 5.74) is 8.59. The third kappa shape index (κ3) is 3.99. The topological polar surface area (TPSA) is 109 Å². The van der Waals surface area contributed by atoms with E-state index in [1.807, 2.05) is 4.90 Å². The molecule has 4 N–H and O–H groups in total. The Morgan fingerprint density at radius 3 is 2.71 bits per heavy atom. The second-order valence-corrected chi connectivity index (χ2v) is 7.19. The van der Waals surface area contributed by atoms with Crippen molar-refractivity contribution in [1.82, 2.24) is 9.55 Å². The second-order valence-electron chi connectivity index (χ2n) is 7.19. The van der Waals surface area contributed by atoms with Crippen LogP contribution < -0.4 is 21.5 Å². The summed E-state index contributed by atoms with van der Waals surface area (Å²) in [5, 5.41) is 10.4. The molecule has 4 rings (SSSR count). The minimum absolute atomic E-state index is 0.0999. The smallest absolute Gasteiger partial charge is 0.293 e. The van der Waals surface area contributed by atoms with Crippen LogP contribution in [0.2, 0.25) is 0 Å². The fourth-order valence-corrected chi connectivity index (χ4v) is 3.59. The number of rotatable bonds is 5. The lowest BCUT2D eigenvalue weighted by Crippen LogP contribution is -2.36. The number of aryl methyl sites for hydroxylation is 1. The molecule has 1 aromatic heterocycles. The van der Waals surface area contributed by atoms with Crippen LogP contribution in [0.25, 0.3) is 16.6 Å². The van der Waals surface area contributed by atoms with E-state index in [9.17, 15) is 9.18 Å². The van der Waals surface area contributed by atoms with Crippen LogP contribution in [-0.4, -0.2) is 42.1 Å². The van der Waals surface area contributed by atoms with Crippen molar-refractivity contribution in [1.29, 1.82) is 5.41 Å². The van der Waals surface area contributed by atoms with Gasteiger partial charge in [-0.1, -0.05) is 6.07 Å². The molecule has 0 unspecified atom stereocenters. The van der Waals surface area contributed by atoms with Crippen molar-refractivity contribution in [2.24, 2.45) is 12.8 Å². The van der Waals surface area contributed by atoms with Crippen LogP contribution in [-0.2, 0) is 11.8 Å². The summed E-state index contributed by atoms with van der Waals surface area (Å²) in [5.74, 6) is -0.273. The number of hydrogen-bond donors (Lipinski definition) is 3. The van der Waals surface area contributed by atoms with Gasteiger partial charge in [-0.15, -0.1) is 0 Å². The highest BCUT2D eigenvalue weighted by molar-refractivity contribution is 6.09. The number of allylic oxidation sites excluding steroid dienone is 1. The van der Waals surface area contributed by atoms with Crippen LogP contribution in [0.4, 0.5) is 21.6 Å². The van der Waals surface area contributed by atoms with Gasteiger partial charge in [0.2, 0.25) is 0 Å². The molecule has 2 aromatic carbocycles. The molecule has 1 aliphatic rings. The molecular weight excluding hydrogens is 399 g/mol. The predicted octanol–water partition coefficient (Wildman–Crippen LogP) is 2.60. The first-order valence-corrected chi connectivity index (χ1v) is 9.84. The summed E-state index contributed by atoms with van der Waals surface area (Å²) in [4.78, 5) is 19.2. The average molecular weight is 422 g/mol. The molecule has 9 heteroatoms. The van der Waals surface area contributed by atoms with E-state index in [1.165, 1.54) is 16.8 Å². The van der Waals surface area contributed by atoms with Gasteiger partial charge in [0, 0.05) is 43.8 Å². The van der Waals surface area contributed by atoms with Gasteiger partial charge in [0.15, 0.2) is 5.82 Å². The van der Waals surface area contributed by atoms with E-state index >= 15 is 0 Å². The van der Waals surface area contributed by atoms with E-state index in [0.29, 0.717) is 59.8 Å². The van der Waals surface area contributed by atoms with Gasteiger partial charge in [-0.3, -0.25) is 4.79 Å². The maximum absolute atomic E-state index is 14.7. The fourth-order valence-electron chi connectivity index (χ4n) is 3.59. The highest BCUT2D eigenvalue weighted by Crippen LogP contribution is 2.25. The second kappa shape index (κ2) is 8.57. The SMILES string of the molecule is Cn1c(=O)c(Nc2ccc(N3CCOCC3)c(F)c2)nc2ccc(/C(C=N)=C/N)cc21. The van der Waals surface area contributed by atoms with E-state index in [0.717, 1.165) is 6.21 Å². The van der Waals surface area contributed by atoms with Crippen molar-refractivity contribution >= 4 is 40.0 Å². The van der Waals surface area contributed by atoms with E-state index in [1.54, 1.807) is 37.4 Å². The lowest BCUT2D eigenvalue weighted by Gasteiger charge is -2.29. The van der Waals surface area contributed by atoms with Gasteiger partial charge in [-0.05, 0) is 35.9 Å². The molecule has 0 atom stereocenters. The molecule has 160 valence electrons. The molecule has 2 heterocycles. The number of aromatic nitrogens is 2. The van der Waals surface area contributed by atoms with Gasteiger partial charge in [-0.25, -0.2) is 9.37 Å². The number of benzene rings is 2. The molecule has 0 spiro atoms. The molecule has 1 aliphatic heterocycles. The number of halogens is 1. The molecule has 31 heavy (non-hydrogen) atoms. The van der Waals surface area contributed by atoms with Gasteiger partial charge in [-0.2, -0.15) is 0 Å².